The van der Waals surface area contributed by atoms with Crippen molar-refractivity contribution in [3.63, 3.8) is 0 Å². The Hall–Kier alpha value is -1.92. The Morgan fingerprint density at radius 3 is 2.45 bits per heavy atom. The minimum Gasteiger partial charge on any atom is -0.300 e. The van der Waals surface area contributed by atoms with Gasteiger partial charge in [-0.2, -0.15) is 0 Å². The molecule has 3 nitrogen and oxygen atoms in total. The topological polar surface area (TPSA) is 41.5 Å². The van der Waals surface area contributed by atoms with Gasteiger partial charge >= 0.3 is 0 Å². The van der Waals surface area contributed by atoms with Crippen molar-refractivity contribution in [2.24, 2.45) is 4.99 Å². The Labute approximate surface area is 139 Å². The second kappa shape index (κ2) is 6.46. The van der Waals surface area contributed by atoms with Crippen molar-refractivity contribution in [2.45, 2.75) is 0 Å². The maximum absolute atomic E-state index is 12.9. The van der Waals surface area contributed by atoms with Gasteiger partial charge in [-0.1, -0.05) is 28.1 Å². The maximum Gasteiger partial charge on any atom is 0.264 e. The van der Waals surface area contributed by atoms with E-state index < -0.39 is 0 Å². The first-order chi connectivity index (χ1) is 10.6. The van der Waals surface area contributed by atoms with E-state index in [1.807, 2.05) is 24.3 Å². The number of halogens is 2. The monoisotopic (exact) mass is 376 g/mol. The number of amides is 1. The Morgan fingerprint density at radius 2 is 1.77 bits per heavy atom. The molecule has 1 aliphatic rings. The molecule has 0 radical (unpaired) electrons. The molecule has 0 spiro atoms. The quantitative estimate of drug-likeness (QED) is 0.785. The second-order valence-electron chi connectivity index (χ2n) is 4.51. The van der Waals surface area contributed by atoms with Crippen LogP contribution in [0.5, 0.6) is 0 Å². The van der Waals surface area contributed by atoms with Crippen molar-refractivity contribution in [1.82, 2.24) is 5.32 Å². The van der Waals surface area contributed by atoms with Crippen LogP contribution in [0, 0.1) is 5.82 Å². The fourth-order valence-electron chi connectivity index (χ4n) is 1.82. The molecule has 1 saturated heterocycles. The summed E-state index contributed by atoms with van der Waals surface area (Å²) in [5.41, 5.74) is 1.53. The minimum absolute atomic E-state index is 0.204. The van der Waals surface area contributed by atoms with Crippen LogP contribution < -0.4 is 5.32 Å². The van der Waals surface area contributed by atoms with E-state index in [-0.39, 0.29) is 11.7 Å². The number of nitrogens with zero attached hydrogens (tertiary/aromatic N) is 1. The molecule has 0 saturated carbocycles. The summed E-state index contributed by atoms with van der Waals surface area (Å²) in [5, 5.41) is 3.25. The van der Waals surface area contributed by atoms with Gasteiger partial charge in [0.2, 0.25) is 0 Å². The fraction of sp³-hybridized carbons (Fsp3) is 0. The van der Waals surface area contributed by atoms with Crippen molar-refractivity contribution in [3.8, 4) is 0 Å². The highest BCUT2D eigenvalue weighted by Gasteiger charge is 2.23. The highest BCUT2D eigenvalue weighted by Crippen LogP contribution is 2.28. The van der Waals surface area contributed by atoms with Crippen LogP contribution in [0.3, 0.4) is 0 Å². The zero-order valence-electron chi connectivity index (χ0n) is 11.2. The van der Waals surface area contributed by atoms with Crippen molar-refractivity contribution in [1.29, 1.82) is 0 Å². The molecule has 110 valence electrons. The van der Waals surface area contributed by atoms with Crippen LogP contribution in [0.4, 0.5) is 10.1 Å². The number of amidine groups is 1. The standard InChI is InChI=1S/C16H10BrFN2OS/c17-11-3-7-13(8-4-11)19-16-20-15(21)14(22-16)9-10-1-5-12(18)6-2-10/h1-9H,(H,19,20,21)/b14-9-. The first-order valence-corrected chi connectivity index (χ1v) is 8.02. The number of aliphatic imine (C=N–C) groups is 1. The Balaban J connectivity index is 1.80. The average molecular weight is 377 g/mol. The predicted molar refractivity (Wildman–Crippen MR) is 91.3 cm³/mol. The molecule has 0 unspecified atom stereocenters. The molecular formula is C16H10BrFN2OS. The molecule has 1 fully saturated rings. The van der Waals surface area contributed by atoms with Crippen molar-refractivity contribution in [2.75, 3.05) is 0 Å². The third kappa shape index (κ3) is 3.64. The lowest BCUT2D eigenvalue weighted by Crippen LogP contribution is -2.19. The molecule has 6 heteroatoms. The van der Waals surface area contributed by atoms with Gasteiger partial charge in [0.05, 0.1) is 10.6 Å². The van der Waals surface area contributed by atoms with E-state index in [0.717, 1.165) is 15.7 Å². The van der Waals surface area contributed by atoms with Gasteiger partial charge in [0.15, 0.2) is 5.17 Å². The molecule has 2 aromatic rings. The van der Waals surface area contributed by atoms with Crippen LogP contribution in [-0.2, 0) is 4.79 Å². The summed E-state index contributed by atoms with van der Waals surface area (Å²) in [4.78, 5) is 16.8. The first-order valence-electron chi connectivity index (χ1n) is 6.41. The zero-order valence-corrected chi connectivity index (χ0v) is 13.6. The molecule has 0 atom stereocenters. The summed E-state index contributed by atoms with van der Waals surface area (Å²) in [7, 11) is 0. The van der Waals surface area contributed by atoms with E-state index in [0.29, 0.717) is 10.1 Å². The van der Waals surface area contributed by atoms with E-state index >= 15 is 0 Å². The zero-order chi connectivity index (χ0) is 15.5. The van der Waals surface area contributed by atoms with E-state index in [9.17, 15) is 9.18 Å². The molecule has 0 aliphatic carbocycles. The highest BCUT2D eigenvalue weighted by atomic mass is 79.9. The number of carbonyl (C=O) groups is 1. The molecule has 1 aliphatic heterocycles. The molecule has 1 N–H and O–H groups in total. The number of hydrogen-bond acceptors (Lipinski definition) is 3. The molecule has 1 heterocycles. The van der Waals surface area contributed by atoms with Crippen molar-refractivity contribution >= 4 is 50.5 Å². The summed E-state index contributed by atoms with van der Waals surface area (Å²) in [6, 6.07) is 13.4. The van der Waals surface area contributed by atoms with Crippen LogP contribution in [0.2, 0.25) is 0 Å². The summed E-state index contributed by atoms with van der Waals surface area (Å²) in [5.74, 6) is -0.506. The third-order valence-electron chi connectivity index (χ3n) is 2.88. The van der Waals surface area contributed by atoms with Gasteiger partial charge in [0, 0.05) is 4.47 Å². The minimum atomic E-state index is -0.303. The number of benzene rings is 2. The van der Waals surface area contributed by atoms with Gasteiger partial charge < -0.3 is 5.32 Å². The van der Waals surface area contributed by atoms with Crippen LogP contribution in [0.25, 0.3) is 6.08 Å². The Bertz CT molecular complexity index is 770. The first kappa shape index (κ1) is 15.0. The van der Waals surface area contributed by atoms with Gasteiger partial charge in [-0.15, -0.1) is 0 Å². The molecule has 1 amide bonds. The van der Waals surface area contributed by atoms with E-state index in [1.165, 1.54) is 23.9 Å². The van der Waals surface area contributed by atoms with Crippen molar-refractivity contribution < 1.29 is 9.18 Å². The third-order valence-corrected chi connectivity index (χ3v) is 4.31. The van der Waals surface area contributed by atoms with Crippen LogP contribution in [-0.4, -0.2) is 11.1 Å². The fourth-order valence-corrected chi connectivity index (χ4v) is 2.93. The second-order valence-corrected chi connectivity index (χ2v) is 6.46. The molecule has 0 aromatic heterocycles. The number of thioether (sulfide) groups is 1. The predicted octanol–water partition coefficient (Wildman–Crippen LogP) is 4.48. The molecule has 3 rings (SSSR count). The van der Waals surface area contributed by atoms with Gasteiger partial charge in [0.25, 0.3) is 5.91 Å². The number of rotatable bonds is 2. The molecule has 0 bridgehead atoms. The summed E-state index contributed by atoms with van der Waals surface area (Å²) in [6.07, 6.45) is 1.71. The van der Waals surface area contributed by atoms with E-state index in [4.69, 9.17) is 0 Å². The Kier molecular flexibility index (Phi) is 4.40. The van der Waals surface area contributed by atoms with E-state index in [2.05, 4.69) is 26.2 Å². The largest absolute Gasteiger partial charge is 0.300 e. The summed E-state index contributed by atoms with van der Waals surface area (Å²) < 4.78 is 13.9. The lowest BCUT2D eigenvalue weighted by Gasteiger charge is -1.96. The van der Waals surface area contributed by atoms with Gasteiger partial charge in [-0.3, -0.25) is 4.79 Å². The lowest BCUT2D eigenvalue weighted by atomic mass is 10.2. The van der Waals surface area contributed by atoms with Gasteiger partial charge in [-0.25, -0.2) is 9.38 Å². The van der Waals surface area contributed by atoms with Gasteiger partial charge in [-0.05, 0) is 59.8 Å². The SMILES string of the molecule is O=C1NC(=Nc2ccc(Br)cc2)S/C1=C\c1ccc(F)cc1. The molecule has 2 aromatic carbocycles. The number of nitrogens with one attached hydrogen (secondary N) is 1. The highest BCUT2D eigenvalue weighted by molar-refractivity contribution is 9.10. The molecular weight excluding hydrogens is 367 g/mol. The Morgan fingerprint density at radius 1 is 1.09 bits per heavy atom. The molecule has 22 heavy (non-hydrogen) atoms. The van der Waals surface area contributed by atoms with Crippen LogP contribution in [0.1, 0.15) is 5.56 Å². The van der Waals surface area contributed by atoms with Gasteiger partial charge in [0.1, 0.15) is 5.82 Å². The summed E-state index contributed by atoms with van der Waals surface area (Å²) in [6.45, 7) is 0. The maximum atomic E-state index is 12.9. The van der Waals surface area contributed by atoms with Crippen LogP contribution >= 0.6 is 27.7 Å². The number of hydrogen-bond donors (Lipinski definition) is 1. The van der Waals surface area contributed by atoms with E-state index in [1.54, 1.807) is 18.2 Å². The number of carbonyl (C=O) groups excluding carboxylic acids is 1. The van der Waals surface area contributed by atoms with Crippen LogP contribution in [0.15, 0.2) is 62.9 Å². The smallest absolute Gasteiger partial charge is 0.264 e. The van der Waals surface area contributed by atoms with Crippen molar-refractivity contribution in [3.05, 3.63) is 69.3 Å². The summed E-state index contributed by atoms with van der Waals surface area (Å²) >= 11 is 4.62. The normalized spacial score (nSPS) is 18.0. The average Bonchev–Trinajstić information content (AvgIpc) is 2.84. The lowest BCUT2D eigenvalue weighted by molar-refractivity contribution is -0.115.